The van der Waals surface area contributed by atoms with Gasteiger partial charge in [0.1, 0.15) is 5.75 Å². The predicted molar refractivity (Wildman–Crippen MR) is 98.0 cm³/mol. The van der Waals surface area contributed by atoms with E-state index < -0.39 is 0 Å². The lowest BCUT2D eigenvalue weighted by atomic mass is 10.2. The minimum atomic E-state index is 0.626. The Morgan fingerprint density at radius 1 is 0.875 bits per heavy atom. The average Bonchev–Trinajstić information content (AvgIpc) is 2.56. The zero-order valence-corrected chi connectivity index (χ0v) is 15.0. The van der Waals surface area contributed by atoms with E-state index in [4.69, 9.17) is 9.47 Å². The van der Waals surface area contributed by atoms with Crippen LogP contribution in [0.1, 0.15) is 5.56 Å². The number of ether oxygens (including phenoxy) is 2. The summed E-state index contributed by atoms with van der Waals surface area (Å²) in [6, 6.07) is 15.5. The molecule has 2 aromatic carbocycles. The molecule has 0 atom stereocenters. The molecule has 0 spiro atoms. The first-order valence-electron chi connectivity index (χ1n) is 7.80. The second-order valence-corrected chi connectivity index (χ2v) is 5.80. The van der Waals surface area contributed by atoms with Crippen molar-refractivity contribution >= 4 is 5.96 Å². The maximum absolute atomic E-state index is 5.88. The van der Waals surface area contributed by atoms with Gasteiger partial charge in [-0.2, -0.15) is 0 Å². The van der Waals surface area contributed by atoms with Crippen molar-refractivity contribution in [2.45, 2.75) is 6.54 Å². The number of benzene rings is 2. The van der Waals surface area contributed by atoms with Crippen LogP contribution in [0.15, 0.2) is 53.5 Å². The van der Waals surface area contributed by atoms with Crippen LogP contribution in [-0.4, -0.2) is 51.1 Å². The van der Waals surface area contributed by atoms with E-state index in [0.717, 1.165) is 17.3 Å². The Balaban J connectivity index is 2.07. The Morgan fingerprint density at radius 3 is 2.00 bits per heavy atom. The van der Waals surface area contributed by atoms with Gasteiger partial charge in [-0.1, -0.05) is 24.3 Å². The highest BCUT2D eigenvalue weighted by molar-refractivity contribution is 5.79. The van der Waals surface area contributed by atoms with E-state index in [0.29, 0.717) is 18.0 Å². The third kappa shape index (κ3) is 4.65. The lowest BCUT2D eigenvalue weighted by Crippen LogP contribution is -2.35. The number of aliphatic imine (C=N–C) groups is 1. The molecule has 24 heavy (non-hydrogen) atoms. The normalized spacial score (nSPS) is 10.0. The van der Waals surface area contributed by atoms with Gasteiger partial charge in [0, 0.05) is 28.2 Å². The molecule has 5 nitrogen and oxygen atoms in total. The van der Waals surface area contributed by atoms with Crippen molar-refractivity contribution in [2.24, 2.45) is 4.99 Å². The van der Waals surface area contributed by atoms with Gasteiger partial charge in [-0.05, 0) is 29.8 Å². The Morgan fingerprint density at radius 2 is 1.46 bits per heavy atom. The van der Waals surface area contributed by atoms with Gasteiger partial charge in [0.25, 0.3) is 0 Å². The maximum atomic E-state index is 5.88. The van der Waals surface area contributed by atoms with Crippen molar-refractivity contribution in [3.05, 3.63) is 54.1 Å². The summed E-state index contributed by atoms with van der Waals surface area (Å²) in [5.41, 5.74) is 1.13. The summed E-state index contributed by atoms with van der Waals surface area (Å²) in [6.07, 6.45) is 0. The number of methoxy groups -OCH3 is 1. The highest BCUT2D eigenvalue weighted by Crippen LogP contribution is 2.30. The summed E-state index contributed by atoms with van der Waals surface area (Å²) in [4.78, 5) is 8.64. The minimum Gasteiger partial charge on any atom is -0.493 e. The molecule has 0 aliphatic rings. The monoisotopic (exact) mass is 327 g/mol. The van der Waals surface area contributed by atoms with Crippen LogP contribution in [0.5, 0.6) is 17.2 Å². The lowest BCUT2D eigenvalue weighted by Gasteiger charge is -2.22. The van der Waals surface area contributed by atoms with Crippen LogP contribution in [0.25, 0.3) is 0 Å². The third-order valence-electron chi connectivity index (χ3n) is 3.42. The molecule has 0 aliphatic carbocycles. The first-order chi connectivity index (χ1) is 11.5. The molecule has 0 N–H and O–H groups in total. The average molecular weight is 327 g/mol. The molecule has 128 valence electrons. The van der Waals surface area contributed by atoms with Crippen molar-refractivity contribution in [2.75, 3.05) is 35.3 Å². The molecular weight excluding hydrogens is 302 g/mol. The molecule has 0 fully saturated rings. The zero-order chi connectivity index (χ0) is 17.5. The Bertz CT molecular complexity index is 669. The third-order valence-corrected chi connectivity index (χ3v) is 3.42. The summed E-state index contributed by atoms with van der Waals surface area (Å²) in [7, 11) is 9.59. The fourth-order valence-electron chi connectivity index (χ4n) is 2.34. The summed E-state index contributed by atoms with van der Waals surface area (Å²) >= 11 is 0. The number of rotatable bonds is 5. The van der Waals surface area contributed by atoms with E-state index in [2.05, 4.69) is 4.99 Å². The van der Waals surface area contributed by atoms with Crippen LogP contribution in [0.2, 0.25) is 0 Å². The molecule has 0 heterocycles. The van der Waals surface area contributed by atoms with Gasteiger partial charge in [0.05, 0.1) is 13.7 Å². The SMILES string of the molecule is COc1ccccc1Oc1ccc(CN=C(N(C)C)N(C)C)cc1. The van der Waals surface area contributed by atoms with Crippen molar-refractivity contribution < 1.29 is 9.47 Å². The van der Waals surface area contributed by atoms with E-state index in [1.54, 1.807) is 7.11 Å². The summed E-state index contributed by atoms with van der Waals surface area (Å²) < 4.78 is 11.2. The highest BCUT2D eigenvalue weighted by atomic mass is 16.5. The van der Waals surface area contributed by atoms with E-state index in [1.807, 2.05) is 86.5 Å². The van der Waals surface area contributed by atoms with Crippen LogP contribution < -0.4 is 9.47 Å². The molecule has 2 rings (SSSR count). The van der Waals surface area contributed by atoms with E-state index in [1.165, 1.54) is 0 Å². The van der Waals surface area contributed by atoms with Crippen molar-refractivity contribution in [1.29, 1.82) is 0 Å². The molecule has 0 saturated heterocycles. The summed E-state index contributed by atoms with van der Waals surface area (Å²) in [5, 5.41) is 0. The molecule has 0 saturated carbocycles. The molecular formula is C19H25N3O2. The van der Waals surface area contributed by atoms with Gasteiger partial charge in [-0.3, -0.25) is 0 Å². The predicted octanol–water partition coefficient (Wildman–Crippen LogP) is 3.47. The second-order valence-electron chi connectivity index (χ2n) is 5.80. The smallest absolute Gasteiger partial charge is 0.195 e. The Hall–Kier alpha value is -2.69. The largest absolute Gasteiger partial charge is 0.493 e. The fraction of sp³-hybridized carbons (Fsp3) is 0.316. The van der Waals surface area contributed by atoms with E-state index in [-0.39, 0.29) is 0 Å². The quantitative estimate of drug-likeness (QED) is 0.622. The second kappa shape index (κ2) is 8.24. The number of nitrogens with zero attached hydrogens (tertiary/aromatic N) is 3. The minimum absolute atomic E-state index is 0.626. The molecule has 0 aromatic heterocycles. The summed E-state index contributed by atoms with van der Waals surface area (Å²) in [6.45, 7) is 0.626. The van der Waals surface area contributed by atoms with Crippen molar-refractivity contribution in [3.8, 4) is 17.2 Å². The topological polar surface area (TPSA) is 37.3 Å². The maximum Gasteiger partial charge on any atom is 0.195 e. The molecule has 0 aliphatic heterocycles. The van der Waals surface area contributed by atoms with Gasteiger partial charge in [-0.15, -0.1) is 0 Å². The van der Waals surface area contributed by atoms with Gasteiger partial charge >= 0.3 is 0 Å². The highest BCUT2D eigenvalue weighted by Gasteiger charge is 2.06. The first kappa shape index (κ1) is 17.7. The molecule has 5 heteroatoms. The lowest BCUT2D eigenvalue weighted by molar-refractivity contribution is 0.379. The number of hydrogen-bond donors (Lipinski definition) is 0. The number of para-hydroxylation sites is 2. The standard InChI is InChI=1S/C19H25N3O2/c1-21(2)19(22(3)4)20-14-15-10-12-16(13-11-15)24-18-9-7-6-8-17(18)23-5/h6-13H,14H2,1-5H3. The van der Waals surface area contributed by atoms with Gasteiger partial charge in [0.15, 0.2) is 17.5 Å². The van der Waals surface area contributed by atoms with Crippen molar-refractivity contribution in [3.63, 3.8) is 0 Å². The summed E-state index contributed by atoms with van der Waals surface area (Å²) in [5.74, 6) is 3.12. The van der Waals surface area contributed by atoms with Crippen LogP contribution >= 0.6 is 0 Å². The molecule has 0 unspecified atom stereocenters. The van der Waals surface area contributed by atoms with Gasteiger partial charge in [0.2, 0.25) is 0 Å². The van der Waals surface area contributed by atoms with E-state index in [9.17, 15) is 0 Å². The molecule has 0 amide bonds. The van der Waals surface area contributed by atoms with Gasteiger partial charge < -0.3 is 19.3 Å². The van der Waals surface area contributed by atoms with Crippen LogP contribution in [0.3, 0.4) is 0 Å². The van der Waals surface area contributed by atoms with E-state index >= 15 is 0 Å². The molecule has 0 radical (unpaired) electrons. The molecule has 2 aromatic rings. The Labute approximate surface area is 144 Å². The van der Waals surface area contributed by atoms with Crippen LogP contribution in [-0.2, 0) is 6.54 Å². The first-order valence-corrected chi connectivity index (χ1v) is 7.80. The van der Waals surface area contributed by atoms with Crippen LogP contribution in [0, 0.1) is 0 Å². The van der Waals surface area contributed by atoms with Gasteiger partial charge in [-0.25, -0.2) is 4.99 Å². The molecule has 0 bridgehead atoms. The van der Waals surface area contributed by atoms with Crippen molar-refractivity contribution in [1.82, 2.24) is 9.80 Å². The Kier molecular flexibility index (Phi) is 6.07. The number of guanidine groups is 1. The zero-order valence-electron chi connectivity index (χ0n) is 15.0. The van der Waals surface area contributed by atoms with Crippen LogP contribution in [0.4, 0.5) is 0 Å². The fourth-order valence-corrected chi connectivity index (χ4v) is 2.34. The number of hydrogen-bond acceptors (Lipinski definition) is 3.